The van der Waals surface area contributed by atoms with Crippen LogP contribution in [0.1, 0.15) is 25.7 Å². The van der Waals surface area contributed by atoms with Crippen molar-refractivity contribution in [2.24, 2.45) is 5.73 Å². The average molecular weight is 340 g/mol. The first-order valence-electron chi connectivity index (χ1n) is 7.82. The van der Waals surface area contributed by atoms with E-state index in [-0.39, 0.29) is 16.8 Å². The molecule has 128 valence electrons. The fourth-order valence-electron chi connectivity index (χ4n) is 2.50. The van der Waals surface area contributed by atoms with Gasteiger partial charge in [0.05, 0.1) is 11.5 Å². The number of amides is 1. The second-order valence-corrected chi connectivity index (χ2v) is 7.93. The van der Waals surface area contributed by atoms with Crippen LogP contribution in [0, 0.1) is 0 Å². The maximum atomic E-state index is 12.0. The van der Waals surface area contributed by atoms with Crippen molar-refractivity contribution in [3.63, 3.8) is 0 Å². The summed E-state index contributed by atoms with van der Waals surface area (Å²) in [6.45, 7) is 1.92. The second kappa shape index (κ2) is 7.79. The van der Waals surface area contributed by atoms with Gasteiger partial charge in [-0.2, -0.15) is 0 Å². The van der Waals surface area contributed by atoms with Crippen LogP contribution >= 0.6 is 0 Å². The van der Waals surface area contributed by atoms with Gasteiger partial charge in [-0.05, 0) is 43.5 Å². The minimum absolute atomic E-state index is 0.146. The molecule has 1 aliphatic heterocycles. The highest BCUT2D eigenvalue weighted by atomic mass is 32.2. The van der Waals surface area contributed by atoms with Gasteiger partial charge in [0, 0.05) is 31.8 Å². The number of rotatable bonds is 6. The van der Waals surface area contributed by atoms with Crippen LogP contribution in [-0.2, 0) is 14.6 Å². The Bertz CT molecular complexity index is 620. The number of sulfone groups is 1. The van der Waals surface area contributed by atoms with E-state index in [1.807, 2.05) is 4.90 Å². The van der Waals surface area contributed by atoms with E-state index in [0.717, 1.165) is 25.9 Å². The van der Waals surface area contributed by atoms with Crippen molar-refractivity contribution in [1.29, 1.82) is 0 Å². The Kier molecular flexibility index (Phi) is 6.01. The molecule has 0 aliphatic carbocycles. The lowest BCUT2D eigenvalue weighted by atomic mass is 10.1. The summed E-state index contributed by atoms with van der Waals surface area (Å²) in [5.74, 6) is 0.752. The summed E-state index contributed by atoms with van der Waals surface area (Å²) in [6, 6.07) is 6.52. The third-order valence-electron chi connectivity index (χ3n) is 3.95. The zero-order chi connectivity index (χ0) is 16.9. The van der Waals surface area contributed by atoms with E-state index in [1.54, 1.807) is 12.1 Å². The van der Waals surface area contributed by atoms with Gasteiger partial charge in [-0.3, -0.25) is 4.79 Å². The van der Waals surface area contributed by atoms with Gasteiger partial charge < -0.3 is 15.4 Å². The molecule has 0 saturated carbocycles. The Morgan fingerprint density at radius 3 is 2.43 bits per heavy atom. The Balaban J connectivity index is 1.70. The standard InChI is InChI=1S/C16H24N2O4S/c1-23(20,21)15-6-4-14(5-7-15)22-12-2-3-16(19)18-10-8-13(17)9-11-18/h4-7,13H,2-3,8-12,17H2,1H3. The lowest BCUT2D eigenvalue weighted by molar-refractivity contribution is -0.132. The van der Waals surface area contributed by atoms with Crippen LogP contribution in [-0.4, -0.2) is 51.2 Å². The molecular formula is C16H24N2O4S. The number of likely N-dealkylation sites (tertiary alicyclic amines) is 1. The molecule has 23 heavy (non-hydrogen) atoms. The van der Waals surface area contributed by atoms with Crippen LogP contribution in [0.5, 0.6) is 5.75 Å². The van der Waals surface area contributed by atoms with Crippen LogP contribution in [0.3, 0.4) is 0 Å². The van der Waals surface area contributed by atoms with Gasteiger partial charge in [-0.25, -0.2) is 8.42 Å². The van der Waals surface area contributed by atoms with Crippen molar-refractivity contribution in [3.8, 4) is 5.75 Å². The first-order valence-corrected chi connectivity index (χ1v) is 9.71. The normalized spacial score (nSPS) is 16.3. The molecule has 0 bridgehead atoms. The van der Waals surface area contributed by atoms with E-state index in [9.17, 15) is 13.2 Å². The molecule has 1 aromatic rings. The fraction of sp³-hybridized carbons (Fsp3) is 0.562. The summed E-state index contributed by atoms with van der Waals surface area (Å²) < 4.78 is 28.3. The highest BCUT2D eigenvalue weighted by Gasteiger charge is 2.19. The lowest BCUT2D eigenvalue weighted by Crippen LogP contribution is -2.42. The summed E-state index contributed by atoms with van der Waals surface area (Å²) in [5, 5.41) is 0. The van der Waals surface area contributed by atoms with Gasteiger partial charge in [0.15, 0.2) is 9.84 Å². The zero-order valence-electron chi connectivity index (χ0n) is 13.4. The topological polar surface area (TPSA) is 89.7 Å². The second-order valence-electron chi connectivity index (χ2n) is 5.91. The molecule has 0 aromatic heterocycles. The number of benzene rings is 1. The predicted molar refractivity (Wildman–Crippen MR) is 88.1 cm³/mol. The Labute approximate surface area is 137 Å². The maximum Gasteiger partial charge on any atom is 0.222 e. The van der Waals surface area contributed by atoms with Gasteiger partial charge in [0.2, 0.25) is 5.91 Å². The third kappa shape index (κ3) is 5.51. The van der Waals surface area contributed by atoms with Gasteiger partial charge in [0.1, 0.15) is 5.75 Å². The lowest BCUT2D eigenvalue weighted by Gasteiger charge is -2.30. The molecule has 1 fully saturated rings. The minimum atomic E-state index is -3.19. The van der Waals surface area contributed by atoms with Crippen molar-refractivity contribution in [1.82, 2.24) is 4.90 Å². The maximum absolute atomic E-state index is 12.0. The molecule has 1 heterocycles. The van der Waals surface area contributed by atoms with Crippen LogP contribution in [0.2, 0.25) is 0 Å². The summed E-state index contributed by atoms with van der Waals surface area (Å²) in [6.07, 6.45) is 4.00. The molecule has 1 aromatic carbocycles. The molecule has 7 heteroatoms. The third-order valence-corrected chi connectivity index (χ3v) is 5.08. The largest absolute Gasteiger partial charge is 0.494 e. The zero-order valence-corrected chi connectivity index (χ0v) is 14.2. The summed E-state index contributed by atoms with van der Waals surface area (Å²) in [4.78, 5) is 14.2. The van der Waals surface area contributed by atoms with Crippen molar-refractivity contribution < 1.29 is 17.9 Å². The number of carbonyl (C=O) groups excluding carboxylic acids is 1. The van der Waals surface area contributed by atoms with Crippen LogP contribution in [0.25, 0.3) is 0 Å². The average Bonchev–Trinajstić information content (AvgIpc) is 2.51. The van der Waals surface area contributed by atoms with E-state index < -0.39 is 9.84 Å². The molecule has 2 N–H and O–H groups in total. The van der Waals surface area contributed by atoms with E-state index in [1.165, 1.54) is 18.4 Å². The number of nitrogens with two attached hydrogens (primary N) is 1. The highest BCUT2D eigenvalue weighted by Crippen LogP contribution is 2.16. The summed E-state index contributed by atoms with van der Waals surface area (Å²) in [5.41, 5.74) is 5.82. The number of carbonyl (C=O) groups is 1. The molecule has 6 nitrogen and oxygen atoms in total. The fourth-order valence-corrected chi connectivity index (χ4v) is 3.13. The van der Waals surface area contributed by atoms with Gasteiger partial charge in [-0.15, -0.1) is 0 Å². The molecule has 0 radical (unpaired) electrons. The number of hydrogen-bond acceptors (Lipinski definition) is 5. The molecule has 0 atom stereocenters. The number of piperidine rings is 1. The van der Waals surface area contributed by atoms with Crippen LogP contribution < -0.4 is 10.5 Å². The van der Waals surface area contributed by atoms with Crippen molar-refractivity contribution in [2.75, 3.05) is 26.0 Å². The first kappa shape index (κ1) is 17.7. The van der Waals surface area contributed by atoms with Crippen molar-refractivity contribution in [2.45, 2.75) is 36.6 Å². The Hall–Kier alpha value is -1.60. The van der Waals surface area contributed by atoms with Crippen LogP contribution in [0.15, 0.2) is 29.2 Å². The predicted octanol–water partition coefficient (Wildman–Crippen LogP) is 1.20. The quantitative estimate of drug-likeness (QED) is 0.786. The van der Waals surface area contributed by atoms with Crippen LogP contribution in [0.4, 0.5) is 0 Å². The molecule has 0 unspecified atom stereocenters. The van der Waals surface area contributed by atoms with E-state index in [2.05, 4.69) is 0 Å². The smallest absolute Gasteiger partial charge is 0.222 e. The minimum Gasteiger partial charge on any atom is -0.494 e. The number of nitrogens with zero attached hydrogens (tertiary/aromatic N) is 1. The van der Waals surface area contributed by atoms with Crippen molar-refractivity contribution in [3.05, 3.63) is 24.3 Å². The molecule has 1 aliphatic rings. The van der Waals surface area contributed by atoms with E-state index in [0.29, 0.717) is 25.2 Å². The summed E-state index contributed by atoms with van der Waals surface area (Å²) >= 11 is 0. The number of hydrogen-bond donors (Lipinski definition) is 1. The van der Waals surface area contributed by atoms with E-state index >= 15 is 0 Å². The van der Waals surface area contributed by atoms with Gasteiger partial charge in [0.25, 0.3) is 0 Å². The molecule has 2 rings (SSSR count). The highest BCUT2D eigenvalue weighted by molar-refractivity contribution is 7.90. The van der Waals surface area contributed by atoms with Gasteiger partial charge >= 0.3 is 0 Å². The summed E-state index contributed by atoms with van der Waals surface area (Å²) in [7, 11) is -3.19. The van der Waals surface area contributed by atoms with Crippen molar-refractivity contribution >= 4 is 15.7 Å². The molecule has 0 spiro atoms. The van der Waals surface area contributed by atoms with E-state index in [4.69, 9.17) is 10.5 Å². The molecular weight excluding hydrogens is 316 g/mol. The van der Waals surface area contributed by atoms with Gasteiger partial charge in [-0.1, -0.05) is 0 Å². The monoisotopic (exact) mass is 340 g/mol. The Morgan fingerprint density at radius 2 is 1.87 bits per heavy atom. The first-order chi connectivity index (χ1) is 10.9. The Morgan fingerprint density at radius 1 is 1.26 bits per heavy atom. The number of ether oxygens (including phenoxy) is 1. The molecule has 1 amide bonds. The molecule has 1 saturated heterocycles. The SMILES string of the molecule is CS(=O)(=O)c1ccc(OCCCC(=O)N2CCC(N)CC2)cc1.